The predicted molar refractivity (Wildman–Crippen MR) is 128 cm³/mol. The van der Waals surface area contributed by atoms with Gasteiger partial charge in [-0.3, -0.25) is 0 Å². The van der Waals surface area contributed by atoms with Gasteiger partial charge in [0.1, 0.15) is 11.0 Å². The molecule has 1 atom stereocenters. The summed E-state index contributed by atoms with van der Waals surface area (Å²) in [4.78, 5) is 0. The lowest BCUT2D eigenvalue weighted by atomic mass is 9.92. The second-order valence-corrected chi connectivity index (χ2v) is 8.96. The Bertz CT molecular complexity index is 1180. The molecule has 150 valence electrons. The average Bonchev–Trinajstić information content (AvgIpc) is 3.20. The van der Waals surface area contributed by atoms with Gasteiger partial charge in [-0.1, -0.05) is 69.0 Å². The van der Waals surface area contributed by atoms with Gasteiger partial charge < -0.3 is 0 Å². The lowest BCUT2D eigenvalue weighted by Gasteiger charge is -2.14. The molecule has 0 fully saturated rings. The van der Waals surface area contributed by atoms with Crippen molar-refractivity contribution in [2.75, 3.05) is 0 Å². The maximum Gasteiger partial charge on any atom is 0.106 e. The van der Waals surface area contributed by atoms with E-state index in [4.69, 9.17) is 0 Å². The Balaban J connectivity index is 1.43. The highest BCUT2D eigenvalue weighted by Gasteiger charge is 2.07. The summed E-state index contributed by atoms with van der Waals surface area (Å²) in [7, 11) is 0. The molecule has 4 rings (SSSR count). The Morgan fingerprint density at radius 3 is 2.03 bits per heavy atom. The van der Waals surface area contributed by atoms with Crippen LogP contribution in [0.15, 0.2) is 66.7 Å². The monoisotopic (exact) mass is 410 g/mol. The van der Waals surface area contributed by atoms with E-state index in [1.807, 2.05) is 18.2 Å². The van der Waals surface area contributed by atoms with Crippen LogP contribution in [0.3, 0.4) is 0 Å². The van der Waals surface area contributed by atoms with Crippen LogP contribution in [0.1, 0.15) is 43.9 Å². The summed E-state index contributed by atoms with van der Waals surface area (Å²) in [6.45, 7) is 6.94. The Morgan fingerprint density at radius 2 is 1.33 bits per heavy atom. The third kappa shape index (κ3) is 5.14. The molecule has 0 N–H and O–H groups in total. The largest absolute Gasteiger partial charge is 0.173 e. The molecule has 1 unspecified atom stereocenters. The van der Waals surface area contributed by atoms with Gasteiger partial charge in [-0.2, -0.15) is 8.75 Å². The fraction of sp³-hybridized carbons (Fsp3) is 0.259. The molecule has 0 amide bonds. The molecule has 2 nitrogen and oxygen atoms in total. The van der Waals surface area contributed by atoms with Gasteiger partial charge in [0.25, 0.3) is 0 Å². The lowest BCUT2D eigenvalue weighted by molar-refractivity contribution is 0.437. The smallest absolute Gasteiger partial charge is 0.106 e. The van der Waals surface area contributed by atoms with E-state index in [2.05, 4.69) is 89.9 Å². The van der Waals surface area contributed by atoms with Gasteiger partial charge in [-0.15, -0.1) is 0 Å². The number of hydrogen-bond acceptors (Lipinski definition) is 3. The maximum absolute atomic E-state index is 4.28. The van der Waals surface area contributed by atoms with Crippen molar-refractivity contribution in [2.24, 2.45) is 11.8 Å². The molecule has 0 aliphatic rings. The summed E-state index contributed by atoms with van der Waals surface area (Å²) >= 11 is 1.23. The van der Waals surface area contributed by atoms with Crippen molar-refractivity contribution < 1.29 is 0 Å². The summed E-state index contributed by atoms with van der Waals surface area (Å²) in [5.41, 5.74) is 7.69. The van der Waals surface area contributed by atoms with Gasteiger partial charge in [-0.05, 0) is 71.7 Å². The first-order chi connectivity index (χ1) is 14.6. The third-order valence-corrected chi connectivity index (χ3v) is 5.79. The standard InChI is InChI=1S/C27H26N2S/c1-19(2)16-20(3)17-22-8-13-25(14-9-22)24-11-6-21(7-12-24)4-5-23-10-15-26-27(18-23)29-30-28-26/h6-15,18-20H,16-17H2,1-3H3. The number of fused-ring (bicyclic) bond motifs is 1. The third-order valence-electron chi connectivity index (χ3n) is 5.24. The van der Waals surface area contributed by atoms with Crippen LogP contribution in [0.4, 0.5) is 0 Å². The summed E-state index contributed by atoms with van der Waals surface area (Å²) in [6, 6.07) is 23.4. The molecule has 0 spiro atoms. The fourth-order valence-corrected chi connectivity index (χ4v) is 4.39. The van der Waals surface area contributed by atoms with Gasteiger partial charge in [0.15, 0.2) is 0 Å². The molecule has 0 saturated heterocycles. The SMILES string of the molecule is CC(C)CC(C)Cc1ccc(-c2ccc(C#Cc3ccc4nsnc4c3)cc2)cc1. The molecule has 0 bridgehead atoms. The van der Waals surface area contributed by atoms with Crippen LogP contribution >= 0.6 is 11.7 Å². The zero-order valence-corrected chi connectivity index (χ0v) is 18.5. The molecule has 0 saturated carbocycles. The zero-order chi connectivity index (χ0) is 20.9. The van der Waals surface area contributed by atoms with Gasteiger partial charge in [0.05, 0.1) is 11.7 Å². The Morgan fingerprint density at radius 1 is 0.733 bits per heavy atom. The highest BCUT2D eigenvalue weighted by atomic mass is 32.1. The van der Waals surface area contributed by atoms with Crippen LogP contribution in [0.25, 0.3) is 22.2 Å². The first kappa shape index (κ1) is 20.3. The average molecular weight is 411 g/mol. The molecular formula is C27H26N2S. The van der Waals surface area contributed by atoms with E-state index < -0.39 is 0 Å². The van der Waals surface area contributed by atoms with Crippen molar-refractivity contribution in [3.8, 4) is 23.0 Å². The van der Waals surface area contributed by atoms with Crippen molar-refractivity contribution in [2.45, 2.75) is 33.6 Å². The first-order valence-corrected chi connectivity index (χ1v) is 11.2. The summed E-state index contributed by atoms with van der Waals surface area (Å²) in [5.74, 6) is 7.96. The lowest BCUT2D eigenvalue weighted by Crippen LogP contribution is -2.03. The molecular weight excluding hydrogens is 384 g/mol. The van der Waals surface area contributed by atoms with Crippen molar-refractivity contribution in [1.29, 1.82) is 0 Å². The first-order valence-electron chi connectivity index (χ1n) is 10.5. The molecule has 1 aromatic heterocycles. The Labute approximate surface area is 183 Å². The molecule has 4 aromatic rings. The highest BCUT2D eigenvalue weighted by Crippen LogP contribution is 2.23. The van der Waals surface area contributed by atoms with E-state index in [1.165, 1.54) is 34.8 Å². The van der Waals surface area contributed by atoms with Crippen LogP contribution in [-0.4, -0.2) is 8.75 Å². The second-order valence-electron chi connectivity index (χ2n) is 8.43. The Kier molecular flexibility index (Phi) is 6.26. The number of aromatic nitrogens is 2. The molecule has 3 aromatic carbocycles. The molecule has 0 aliphatic carbocycles. The van der Waals surface area contributed by atoms with Crippen molar-refractivity contribution in [3.63, 3.8) is 0 Å². The van der Waals surface area contributed by atoms with Crippen molar-refractivity contribution in [1.82, 2.24) is 8.75 Å². The van der Waals surface area contributed by atoms with Crippen LogP contribution < -0.4 is 0 Å². The quantitative estimate of drug-likeness (QED) is 0.332. The minimum Gasteiger partial charge on any atom is -0.173 e. The van der Waals surface area contributed by atoms with E-state index in [-0.39, 0.29) is 0 Å². The second kappa shape index (κ2) is 9.24. The van der Waals surface area contributed by atoms with Crippen molar-refractivity contribution >= 4 is 22.8 Å². The fourth-order valence-electron chi connectivity index (χ4n) is 3.87. The Hall–Kier alpha value is -2.96. The van der Waals surface area contributed by atoms with Crippen molar-refractivity contribution in [3.05, 3.63) is 83.4 Å². The normalized spacial score (nSPS) is 12.0. The molecule has 0 aliphatic heterocycles. The number of nitrogens with zero attached hydrogens (tertiary/aromatic N) is 2. The molecule has 1 heterocycles. The predicted octanol–water partition coefficient (Wildman–Crippen LogP) is 6.98. The summed E-state index contributed by atoms with van der Waals surface area (Å²) in [5, 5.41) is 0. The van der Waals surface area contributed by atoms with E-state index >= 15 is 0 Å². The molecule has 3 heteroatoms. The summed E-state index contributed by atoms with van der Waals surface area (Å²) in [6.07, 6.45) is 2.43. The maximum atomic E-state index is 4.28. The van der Waals surface area contributed by atoms with Gasteiger partial charge >= 0.3 is 0 Å². The molecule has 30 heavy (non-hydrogen) atoms. The van der Waals surface area contributed by atoms with Gasteiger partial charge in [-0.25, -0.2) is 0 Å². The van der Waals surface area contributed by atoms with Gasteiger partial charge in [0, 0.05) is 11.1 Å². The van der Waals surface area contributed by atoms with Gasteiger partial charge in [0.2, 0.25) is 0 Å². The van der Waals surface area contributed by atoms with E-state index in [9.17, 15) is 0 Å². The molecule has 0 radical (unpaired) electrons. The highest BCUT2D eigenvalue weighted by molar-refractivity contribution is 7.00. The minimum absolute atomic E-state index is 0.723. The number of benzene rings is 3. The van der Waals surface area contributed by atoms with Crippen LogP contribution in [-0.2, 0) is 6.42 Å². The minimum atomic E-state index is 0.723. The van der Waals surface area contributed by atoms with Crippen LogP contribution in [0.5, 0.6) is 0 Å². The zero-order valence-electron chi connectivity index (χ0n) is 17.7. The number of hydrogen-bond donors (Lipinski definition) is 0. The topological polar surface area (TPSA) is 25.8 Å². The summed E-state index contributed by atoms with van der Waals surface area (Å²) < 4.78 is 8.51. The van der Waals surface area contributed by atoms with E-state index in [0.717, 1.165) is 40.4 Å². The van der Waals surface area contributed by atoms with E-state index in [1.54, 1.807) is 0 Å². The van der Waals surface area contributed by atoms with E-state index in [0.29, 0.717) is 0 Å². The van der Waals surface area contributed by atoms with Crippen LogP contribution in [0.2, 0.25) is 0 Å². The number of rotatable bonds is 5. The van der Waals surface area contributed by atoms with Crippen LogP contribution in [0, 0.1) is 23.7 Å².